The maximum Gasteiger partial charge on any atom is 0.292 e. The summed E-state index contributed by atoms with van der Waals surface area (Å²) in [5.74, 6) is 0.111. The molecule has 0 fully saturated rings. The normalized spacial score (nSPS) is 10.8. The lowest BCUT2D eigenvalue weighted by Crippen LogP contribution is -2.42. The fraction of sp³-hybridized carbons (Fsp3) is 0.0667. The number of hydrogen-bond acceptors (Lipinski definition) is 3. The van der Waals surface area contributed by atoms with Crippen LogP contribution in [0.15, 0.2) is 48.5 Å². The van der Waals surface area contributed by atoms with E-state index in [2.05, 4.69) is 0 Å². The Morgan fingerprint density at radius 3 is 2.00 bits per heavy atom. The Kier molecular flexibility index (Phi) is 2.68. The Bertz CT molecular complexity index is 798. The second-order valence-corrected chi connectivity index (χ2v) is 4.56. The van der Waals surface area contributed by atoms with Crippen molar-refractivity contribution >= 4 is 11.0 Å². The van der Waals surface area contributed by atoms with E-state index in [-0.39, 0.29) is 5.75 Å². The van der Waals surface area contributed by atoms with Crippen LogP contribution in [0.3, 0.4) is 0 Å². The van der Waals surface area contributed by atoms with Crippen LogP contribution in [0.2, 0.25) is 0 Å². The van der Waals surface area contributed by atoms with Crippen molar-refractivity contribution in [2.45, 2.75) is 6.92 Å². The second kappa shape index (κ2) is 4.38. The van der Waals surface area contributed by atoms with Crippen LogP contribution in [0.4, 0.5) is 0 Å². The summed E-state index contributed by atoms with van der Waals surface area (Å²) in [6.07, 6.45) is 0. The number of phenolic OH excluding ortho intramolecular Hbond substituents is 1. The summed E-state index contributed by atoms with van der Waals surface area (Å²) >= 11 is 0. The molecule has 0 aliphatic rings. The van der Waals surface area contributed by atoms with Crippen LogP contribution < -0.4 is 9.46 Å². The molecule has 20 heavy (non-hydrogen) atoms. The Morgan fingerprint density at radius 1 is 0.850 bits per heavy atom. The van der Waals surface area contributed by atoms with Crippen molar-refractivity contribution in [3.63, 3.8) is 0 Å². The van der Waals surface area contributed by atoms with E-state index >= 15 is 0 Å². The van der Waals surface area contributed by atoms with Gasteiger partial charge in [0.1, 0.15) is 5.75 Å². The third-order valence-corrected chi connectivity index (χ3v) is 3.31. The average molecular weight is 268 g/mol. The largest absolute Gasteiger partial charge is 0.618 e. The number of phenols is 1. The first-order chi connectivity index (χ1) is 9.59. The monoisotopic (exact) mass is 268 g/mol. The van der Waals surface area contributed by atoms with Crippen LogP contribution in [0, 0.1) is 17.3 Å². The van der Waals surface area contributed by atoms with Crippen molar-refractivity contribution in [2.24, 2.45) is 0 Å². The van der Waals surface area contributed by atoms with Crippen molar-refractivity contribution in [3.8, 4) is 17.0 Å². The zero-order chi connectivity index (χ0) is 14.3. The van der Waals surface area contributed by atoms with E-state index in [1.54, 1.807) is 43.3 Å². The third-order valence-electron chi connectivity index (χ3n) is 3.31. The summed E-state index contributed by atoms with van der Waals surface area (Å²) in [7, 11) is 0. The van der Waals surface area contributed by atoms with E-state index in [0.29, 0.717) is 28.0 Å². The molecule has 1 heterocycles. The number of hydrogen-bond donors (Lipinski definition) is 1. The van der Waals surface area contributed by atoms with Gasteiger partial charge >= 0.3 is 0 Å². The third kappa shape index (κ3) is 1.72. The van der Waals surface area contributed by atoms with Gasteiger partial charge in [-0.05, 0) is 24.3 Å². The molecule has 0 atom stereocenters. The molecule has 3 rings (SSSR count). The summed E-state index contributed by atoms with van der Waals surface area (Å²) in [5.41, 5.74) is 1.85. The van der Waals surface area contributed by atoms with Crippen LogP contribution >= 0.6 is 0 Å². The SMILES string of the molecule is Cc1c(-c2ccc(O)cc2)[n+]([O-])c2ccccc2[n+]1[O-]. The van der Waals surface area contributed by atoms with Gasteiger partial charge in [0.25, 0.3) is 22.4 Å². The molecular formula is C15H12N2O3. The summed E-state index contributed by atoms with van der Waals surface area (Å²) in [6, 6.07) is 12.9. The Hall–Kier alpha value is -2.82. The molecule has 2 aromatic carbocycles. The van der Waals surface area contributed by atoms with E-state index in [4.69, 9.17) is 0 Å². The molecule has 0 aliphatic heterocycles. The molecule has 0 aliphatic carbocycles. The predicted octanol–water partition coefficient (Wildman–Crippen LogP) is 1.79. The van der Waals surface area contributed by atoms with E-state index < -0.39 is 0 Å². The van der Waals surface area contributed by atoms with Gasteiger partial charge in [0, 0.05) is 19.1 Å². The van der Waals surface area contributed by atoms with Crippen molar-refractivity contribution in [1.82, 2.24) is 0 Å². The summed E-state index contributed by atoms with van der Waals surface area (Å²) in [4.78, 5) is 0. The fourth-order valence-corrected chi connectivity index (χ4v) is 2.30. The molecule has 0 amide bonds. The number of rotatable bonds is 1. The minimum Gasteiger partial charge on any atom is -0.618 e. The second-order valence-electron chi connectivity index (χ2n) is 4.56. The highest BCUT2D eigenvalue weighted by molar-refractivity contribution is 5.70. The van der Waals surface area contributed by atoms with E-state index in [9.17, 15) is 15.5 Å². The summed E-state index contributed by atoms with van der Waals surface area (Å²) in [6.45, 7) is 1.61. The average Bonchev–Trinajstić information content (AvgIpc) is 2.47. The smallest absolute Gasteiger partial charge is 0.292 e. The molecule has 5 nitrogen and oxygen atoms in total. The Balaban J connectivity index is 2.39. The maximum absolute atomic E-state index is 12.5. The van der Waals surface area contributed by atoms with Gasteiger partial charge < -0.3 is 15.5 Å². The lowest BCUT2D eigenvalue weighted by Gasteiger charge is -2.11. The summed E-state index contributed by atoms with van der Waals surface area (Å²) < 4.78 is 1.51. The van der Waals surface area contributed by atoms with Gasteiger partial charge in [-0.15, -0.1) is 0 Å². The number of para-hydroxylation sites is 2. The lowest BCUT2D eigenvalue weighted by molar-refractivity contribution is -0.625. The van der Waals surface area contributed by atoms with Gasteiger partial charge in [0.15, 0.2) is 0 Å². The van der Waals surface area contributed by atoms with Crippen LogP contribution in [-0.4, -0.2) is 5.11 Å². The molecule has 0 spiro atoms. The number of nitrogens with zero attached hydrogens (tertiary/aromatic N) is 2. The molecule has 0 unspecified atom stereocenters. The number of fused-ring (bicyclic) bond motifs is 1. The standard InChI is InChI=1S/C15H12N2O3/c1-10-15(11-6-8-12(18)9-7-11)17(20)14-5-3-2-4-13(14)16(10)19/h2-9,18H,1H3. The number of benzene rings is 2. The first-order valence-electron chi connectivity index (χ1n) is 6.13. The predicted molar refractivity (Wildman–Crippen MR) is 73.7 cm³/mol. The van der Waals surface area contributed by atoms with Crippen molar-refractivity contribution in [3.05, 3.63) is 64.6 Å². The van der Waals surface area contributed by atoms with Gasteiger partial charge in [-0.25, -0.2) is 0 Å². The van der Waals surface area contributed by atoms with Crippen molar-refractivity contribution in [1.29, 1.82) is 0 Å². The molecule has 1 aromatic heterocycles. The highest BCUT2D eigenvalue weighted by Gasteiger charge is 2.25. The van der Waals surface area contributed by atoms with Crippen LogP contribution in [0.25, 0.3) is 22.3 Å². The van der Waals surface area contributed by atoms with Crippen molar-refractivity contribution in [2.75, 3.05) is 0 Å². The topological polar surface area (TPSA) is 74.1 Å². The molecule has 1 N–H and O–H groups in total. The van der Waals surface area contributed by atoms with Crippen molar-refractivity contribution < 1.29 is 14.6 Å². The van der Waals surface area contributed by atoms with Gasteiger partial charge in [0.05, 0.1) is 5.56 Å². The van der Waals surface area contributed by atoms with Gasteiger partial charge in [-0.1, -0.05) is 12.1 Å². The van der Waals surface area contributed by atoms with Gasteiger partial charge in [0.2, 0.25) is 0 Å². The molecule has 0 saturated heterocycles. The van der Waals surface area contributed by atoms with Crippen LogP contribution in [-0.2, 0) is 0 Å². The van der Waals surface area contributed by atoms with Crippen LogP contribution in [0.1, 0.15) is 5.69 Å². The zero-order valence-corrected chi connectivity index (χ0v) is 10.8. The molecule has 100 valence electrons. The zero-order valence-electron chi connectivity index (χ0n) is 10.8. The fourth-order valence-electron chi connectivity index (χ4n) is 2.30. The first-order valence-corrected chi connectivity index (χ1v) is 6.13. The molecule has 5 heteroatoms. The number of aromatic hydroxyl groups is 1. The Morgan fingerprint density at radius 2 is 1.40 bits per heavy atom. The lowest BCUT2D eigenvalue weighted by atomic mass is 10.1. The Labute approximate surface area is 115 Å². The minimum absolute atomic E-state index is 0.111. The minimum atomic E-state index is 0.111. The molecular weight excluding hydrogens is 256 g/mol. The molecule has 0 saturated carbocycles. The molecule has 3 aromatic rings. The highest BCUT2D eigenvalue weighted by Crippen LogP contribution is 2.22. The van der Waals surface area contributed by atoms with Crippen LogP contribution in [0.5, 0.6) is 5.75 Å². The molecule has 0 bridgehead atoms. The molecule has 0 radical (unpaired) electrons. The van der Waals surface area contributed by atoms with Gasteiger partial charge in [-0.3, -0.25) is 0 Å². The maximum atomic E-state index is 12.5. The number of aromatic nitrogens is 2. The highest BCUT2D eigenvalue weighted by atomic mass is 16.5. The van der Waals surface area contributed by atoms with E-state index in [1.165, 1.54) is 12.1 Å². The van der Waals surface area contributed by atoms with Gasteiger partial charge in [-0.2, -0.15) is 9.46 Å². The van der Waals surface area contributed by atoms with E-state index in [1.807, 2.05) is 0 Å². The quantitative estimate of drug-likeness (QED) is 0.540. The summed E-state index contributed by atoms with van der Waals surface area (Å²) in [5, 5.41) is 34.1. The van der Waals surface area contributed by atoms with E-state index in [0.717, 1.165) is 9.46 Å². The first kappa shape index (κ1) is 12.2.